The van der Waals surface area contributed by atoms with Crippen molar-refractivity contribution < 1.29 is 9.53 Å². The molecule has 0 saturated heterocycles. The van der Waals surface area contributed by atoms with Gasteiger partial charge in [0, 0.05) is 17.7 Å². The van der Waals surface area contributed by atoms with Crippen LogP contribution in [0.4, 0.5) is 5.69 Å². The molecule has 0 atom stereocenters. The third-order valence-corrected chi connectivity index (χ3v) is 3.17. The van der Waals surface area contributed by atoms with E-state index in [0.29, 0.717) is 23.4 Å². The van der Waals surface area contributed by atoms with Crippen molar-refractivity contribution in [2.75, 3.05) is 12.8 Å². The second-order valence-corrected chi connectivity index (χ2v) is 4.48. The van der Waals surface area contributed by atoms with Gasteiger partial charge in [-0.3, -0.25) is 4.79 Å². The molecule has 0 spiro atoms. The third kappa shape index (κ3) is 2.94. The number of nitrogen functional groups attached to an aromatic ring is 1. The van der Waals surface area contributed by atoms with Crippen LogP contribution in [-0.2, 0) is 6.42 Å². The first-order chi connectivity index (χ1) is 9.11. The number of ketones is 1. The van der Waals surface area contributed by atoms with E-state index in [-0.39, 0.29) is 5.78 Å². The summed E-state index contributed by atoms with van der Waals surface area (Å²) in [5, 5.41) is 0. The minimum absolute atomic E-state index is 0.00528. The topological polar surface area (TPSA) is 52.3 Å². The zero-order valence-electron chi connectivity index (χ0n) is 11.1. The first kappa shape index (κ1) is 13.1. The van der Waals surface area contributed by atoms with Gasteiger partial charge in [0.15, 0.2) is 5.78 Å². The van der Waals surface area contributed by atoms with Gasteiger partial charge < -0.3 is 10.5 Å². The highest BCUT2D eigenvalue weighted by Crippen LogP contribution is 2.21. The monoisotopic (exact) mass is 255 g/mol. The Morgan fingerprint density at radius 3 is 2.63 bits per heavy atom. The zero-order valence-corrected chi connectivity index (χ0v) is 11.1. The normalized spacial score (nSPS) is 10.2. The second kappa shape index (κ2) is 5.57. The Hall–Kier alpha value is -2.29. The third-order valence-electron chi connectivity index (χ3n) is 3.17. The molecule has 0 aliphatic heterocycles. The van der Waals surface area contributed by atoms with E-state index in [0.717, 1.165) is 11.1 Å². The molecule has 0 bridgehead atoms. The van der Waals surface area contributed by atoms with Crippen LogP contribution < -0.4 is 10.5 Å². The zero-order chi connectivity index (χ0) is 13.8. The summed E-state index contributed by atoms with van der Waals surface area (Å²) < 4.78 is 5.13. The minimum atomic E-state index is 0.00528. The van der Waals surface area contributed by atoms with Crippen LogP contribution in [0, 0.1) is 6.92 Å². The van der Waals surface area contributed by atoms with Crippen LogP contribution in [0.3, 0.4) is 0 Å². The van der Waals surface area contributed by atoms with Gasteiger partial charge in [-0.25, -0.2) is 0 Å². The fourth-order valence-corrected chi connectivity index (χ4v) is 1.98. The Bertz CT molecular complexity index is 605. The number of rotatable bonds is 4. The number of hydrogen-bond donors (Lipinski definition) is 1. The first-order valence-corrected chi connectivity index (χ1v) is 6.13. The van der Waals surface area contributed by atoms with Gasteiger partial charge >= 0.3 is 0 Å². The molecule has 2 N–H and O–H groups in total. The molecule has 3 heteroatoms. The summed E-state index contributed by atoms with van der Waals surface area (Å²) in [6.45, 7) is 2.00. The van der Waals surface area contributed by atoms with Crippen LogP contribution in [0.15, 0.2) is 42.5 Å². The predicted molar refractivity (Wildman–Crippen MR) is 76.6 cm³/mol. The molecular weight excluding hydrogens is 238 g/mol. The van der Waals surface area contributed by atoms with Crippen molar-refractivity contribution in [3.8, 4) is 5.75 Å². The molecule has 2 aromatic rings. The molecule has 0 amide bonds. The van der Waals surface area contributed by atoms with E-state index in [2.05, 4.69) is 0 Å². The van der Waals surface area contributed by atoms with Gasteiger partial charge in [-0.1, -0.05) is 24.3 Å². The van der Waals surface area contributed by atoms with Crippen molar-refractivity contribution in [1.82, 2.24) is 0 Å². The summed E-state index contributed by atoms with van der Waals surface area (Å²) in [6.07, 6.45) is 0.351. The van der Waals surface area contributed by atoms with E-state index in [4.69, 9.17) is 10.5 Å². The lowest BCUT2D eigenvalue weighted by Crippen LogP contribution is -2.08. The molecule has 0 fully saturated rings. The molecule has 2 rings (SSSR count). The summed E-state index contributed by atoms with van der Waals surface area (Å²) in [5.41, 5.74) is 8.99. The van der Waals surface area contributed by atoms with Crippen LogP contribution in [0.5, 0.6) is 5.75 Å². The lowest BCUT2D eigenvalue weighted by Gasteiger charge is -2.09. The number of carbonyl (C=O) groups excluding carboxylic acids is 1. The Labute approximate surface area is 113 Å². The highest BCUT2D eigenvalue weighted by molar-refractivity contribution is 6.02. The molecule has 0 aliphatic carbocycles. The van der Waals surface area contributed by atoms with Crippen molar-refractivity contribution in [2.45, 2.75) is 13.3 Å². The number of anilines is 1. The Morgan fingerprint density at radius 2 is 1.95 bits per heavy atom. The molecular formula is C16H17NO2. The van der Waals surface area contributed by atoms with Gasteiger partial charge in [0.25, 0.3) is 0 Å². The molecule has 19 heavy (non-hydrogen) atoms. The lowest BCUT2D eigenvalue weighted by atomic mass is 9.98. The standard InChI is InChI=1S/C16H17NO2/c1-11-5-3-4-6-12(11)9-16(18)14-10-13(19-2)7-8-15(14)17/h3-8,10H,9,17H2,1-2H3. The maximum Gasteiger partial charge on any atom is 0.169 e. The van der Waals surface area contributed by atoms with Crippen molar-refractivity contribution in [2.24, 2.45) is 0 Å². The number of methoxy groups -OCH3 is 1. The number of nitrogens with two attached hydrogens (primary N) is 1. The van der Waals surface area contributed by atoms with E-state index in [1.807, 2.05) is 31.2 Å². The number of Topliss-reactive ketones (excluding diaryl/α,β-unsaturated/α-hetero) is 1. The van der Waals surface area contributed by atoms with Crippen molar-refractivity contribution >= 4 is 11.5 Å². The SMILES string of the molecule is COc1ccc(N)c(C(=O)Cc2ccccc2C)c1. The van der Waals surface area contributed by atoms with E-state index >= 15 is 0 Å². The molecule has 98 valence electrons. The van der Waals surface area contributed by atoms with Gasteiger partial charge in [0.2, 0.25) is 0 Å². The average molecular weight is 255 g/mol. The largest absolute Gasteiger partial charge is 0.497 e. The van der Waals surface area contributed by atoms with E-state index in [9.17, 15) is 4.79 Å². The number of aryl methyl sites for hydroxylation is 1. The minimum Gasteiger partial charge on any atom is -0.497 e. The van der Waals surface area contributed by atoms with Crippen LogP contribution in [0.25, 0.3) is 0 Å². The lowest BCUT2D eigenvalue weighted by molar-refractivity contribution is 0.0993. The fourth-order valence-electron chi connectivity index (χ4n) is 1.98. The Kier molecular flexibility index (Phi) is 3.85. The molecule has 0 aromatic heterocycles. The van der Waals surface area contributed by atoms with Crippen molar-refractivity contribution in [1.29, 1.82) is 0 Å². The van der Waals surface area contributed by atoms with Crippen LogP contribution >= 0.6 is 0 Å². The average Bonchev–Trinajstić information content (AvgIpc) is 2.42. The summed E-state index contributed by atoms with van der Waals surface area (Å²) in [6, 6.07) is 13.0. The van der Waals surface area contributed by atoms with Gasteiger partial charge in [0.05, 0.1) is 7.11 Å². The molecule has 0 radical (unpaired) electrons. The second-order valence-electron chi connectivity index (χ2n) is 4.48. The number of benzene rings is 2. The Balaban J connectivity index is 2.28. The molecule has 0 aliphatic rings. The van der Waals surface area contributed by atoms with Gasteiger partial charge in [0.1, 0.15) is 5.75 Å². The van der Waals surface area contributed by atoms with Crippen LogP contribution in [-0.4, -0.2) is 12.9 Å². The van der Waals surface area contributed by atoms with E-state index in [1.165, 1.54) is 0 Å². The maximum atomic E-state index is 12.3. The van der Waals surface area contributed by atoms with Crippen molar-refractivity contribution in [3.05, 3.63) is 59.2 Å². The molecule has 0 unspecified atom stereocenters. The van der Waals surface area contributed by atoms with Crippen LogP contribution in [0.1, 0.15) is 21.5 Å². The smallest absolute Gasteiger partial charge is 0.169 e. The van der Waals surface area contributed by atoms with E-state index < -0.39 is 0 Å². The molecule has 3 nitrogen and oxygen atoms in total. The quantitative estimate of drug-likeness (QED) is 0.675. The molecule has 0 saturated carbocycles. The molecule has 2 aromatic carbocycles. The summed E-state index contributed by atoms with van der Waals surface area (Å²) in [7, 11) is 1.57. The first-order valence-electron chi connectivity index (χ1n) is 6.13. The molecule has 0 heterocycles. The van der Waals surface area contributed by atoms with Crippen LogP contribution in [0.2, 0.25) is 0 Å². The fraction of sp³-hybridized carbons (Fsp3) is 0.188. The Morgan fingerprint density at radius 1 is 1.21 bits per heavy atom. The number of hydrogen-bond acceptors (Lipinski definition) is 3. The summed E-state index contributed by atoms with van der Waals surface area (Å²) in [4.78, 5) is 12.3. The van der Waals surface area contributed by atoms with Gasteiger partial charge in [-0.2, -0.15) is 0 Å². The van der Waals surface area contributed by atoms with Gasteiger partial charge in [-0.05, 0) is 36.2 Å². The highest BCUT2D eigenvalue weighted by Gasteiger charge is 2.12. The predicted octanol–water partition coefficient (Wildman–Crippen LogP) is 3.01. The summed E-state index contributed by atoms with van der Waals surface area (Å²) in [5.74, 6) is 0.646. The number of carbonyl (C=O) groups is 1. The summed E-state index contributed by atoms with van der Waals surface area (Å²) >= 11 is 0. The van der Waals surface area contributed by atoms with Gasteiger partial charge in [-0.15, -0.1) is 0 Å². The maximum absolute atomic E-state index is 12.3. The van der Waals surface area contributed by atoms with E-state index in [1.54, 1.807) is 25.3 Å². The number of ether oxygens (including phenoxy) is 1. The van der Waals surface area contributed by atoms with Crippen molar-refractivity contribution in [3.63, 3.8) is 0 Å². The highest BCUT2D eigenvalue weighted by atomic mass is 16.5.